The van der Waals surface area contributed by atoms with Crippen LogP contribution in [0.1, 0.15) is 0 Å². The minimum Gasteiger partial charge on any atom is -0.330 e. The third-order valence-corrected chi connectivity index (χ3v) is 2.08. The van der Waals surface area contributed by atoms with E-state index in [2.05, 4.69) is 0 Å². The second-order valence-corrected chi connectivity index (χ2v) is 3.29. The number of aromatic nitrogens is 2. The molecule has 0 bridgehead atoms. The lowest BCUT2D eigenvalue weighted by Gasteiger charge is -1.91. The Morgan fingerprint density at radius 2 is 1.12 bits per heavy atom. The highest BCUT2D eigenvalue weighted by atomic mass is 16.1. The number of ketones is 1. The summed E-state index contributed by atoms with van der Waals surface area (Å²) in [6.45, 7) is 0. The van der Waals surface area contributed by atoms with E-state index in [1.54, 1.807) is 12.4 Å². The molecule has 0 aliphatic rings. The number of hydrogen-bond donors (Lipinski definition) is 0. The summed E-state index contributed by atoms with van der Waals surface area (Å²) < 4.78 is 3.64. The van der Waals surface area contributed by atoms with Gasteiger partial charge in [-0.15, -0.1) is 0 Å². The first kappa shape index (κ1) is 10.2. The second-order valence-electron chi connectivity index (χ2n) is 3.29. The van der Waals surface area contributed by atoms with Gasteiger partial charge in [0, 0.05) is 49.3 Å². The highest BCUT2D eigenvalue weighted by Gasteiger charge is 1.88. The molecular formula is C13H12N2O. The van der Waals surface area contributed by atoms with Crippen molar-refractivity contribution in [3.8, 4) is 0 Å². The zero-order valence-electron chi connectivity index (χ0n) is 8.73. The van der Waals surface area contributed by atoms with E-state index in [0.29, 0.717) is 0 Å². The summed E-state index contributed by atoms with van der Waals surface area (Å²) in [5, 5.41) is 0. The molecule has 0 fully saturated rings. The molecule has 0 aliphatic carbocycles. The van der Waals surface area contributed by atoms with Crippen LogP contribution in [-0.4, -0.2) is 14.9 Å². The Kier molecular flexibility index (Phi) is 3.18. The molecule has 0 unspecified atom stereocenters. The SMILES string of the molecule is O=C(/C=C/n1cccc1)/C=C/n1cccc1. The normalized spacial score (nSPS) is 11.5. The van der Waals surface area contributed by atoms with Crippen LogP contribution in [0.2, 0.25) is 0 Å². The molecule has 0 atom stereocenters. The van der Waals surface area contributed by atoms with Crippen LogP contribution in [0.5, 0.6) is 0 Å². The first-order valence-electron chi connectivity index (χ1n) is 5.00. The molecule has 2 heterocycles. The van der Waals surface area contributed by atoms with Gasteiger partial charge in [0.15, 0.2) is 5.78 Å². The van der Waals surface area contributed by atoms with Crippen molar-refractivity contribution in [1.29, 1.82) is 0 Å². The zero-order chi connectivity index (χ0) is 11.2. The Bertz CT molecular complexity index is 444. The predicted octanol–water partition coefficient (Wildman–Crippen LogP) is 2.50. The molecule has 0 saturated heterocycles. The van der Waals surface area contributed by atoms with E-state index >= 15 is 0 Å². The number of carbonyl (C=O) groups excluding carboxylic acids is 1. The molecular weight excluding hydrogens is 200 g/mol. The first-order valence-corrected chi connectivity index (χ1v) is 5.00. The number of allylic oxidation sites excluding steroid dienone is 2. The molecule has 2 rings (SSSR count). The van der Waals surface area contributed by atoms with E-state index in [-0.39, 0.29) is 5.78 Å². The topological polar surface area (TPSA) is 26.9 Å². The van der Waals surface area contributed by atoms with Crippen LogP contribution in [0.4, 0.5) is 0 Å². The van der Waals surface area contributed by atoms with E-state index < -0.39 is 0 Å². The van der Waals surface area contributed by atoms with E-state index in [1.165, 1.54) is 12.2 Å². The minimum absolute atomic E-state index is 0.0394. The third-order valence-electron chi connectivity index (χ3n) is 2.08. The summed E-state index contributed by atoms with van der Waals surface area (Å²) in [6, 6.07) is 7.63. The predicted molar refractivity (Wildman–Crippen MR) is 64.5 cm³/mol. The molecule has 3 nitrogen and oxygen atoms in total. The molecule has 0 amide bonds. The monoisotopic (exact) mass is 212 g/mol. The fraction of sp³-hybridized carbons (Fsp3) is 0. The van der Waals surface area contributed by atoms with Gasteiger partial charge in [0.1, 0.15) is 0 Å². The van der Waals surface area contributed by atoms with Gasteiger partial charge in [-0.2, -0.15) is 0 Å². The van der Waals surface area contributed by atoms with Gasteiger partial charge in [-0.3, -0.25) is 4.79 Å². The lowest BCUT2D eigenvalue weighted by atomic mass is 10.4. The fourth-order valence-electron chi connectivity index (χ4n) is 1.27. The fourth-order valence-corrected chi connectivity index (χ4v) is 1.27. The van der Waals surface area contributed by atoms with Gasteiger partial charge >= 0.3 is 0 Å². The summed E-state index contributed by atoms with van der Waals surface area (Å²) in [6.07, 6.45) is 14.0. The zero-order valence-corrected chi connectivity index (χ0v) is 8.73. The van der Waals surface area contributed by atoms with Gasteiger partial charge < -0.3 is 9.13 Å². The van der Waals surface area contributed by atoms with Crippen molar-refractivity contribution in [1.82, 2.24) is 9.13 Å². The summed E-state index contributed by atoms with van der Waals surface area (Å²) in [5.74, 6) is -0.0394. The Morgan fingerprint density at radius 3 is 1.50 bits per heavy atom. The van der Waals surface area contributed by atoms with Gasteiger partial charge in [0.25, 0.3) is 0 Å². The summed E-state index contributed by atoms with van der Waals surface area (Å²) in [7, 11) is 0. The average Bonchev–Trinajstić information content (AvgIpc) is 2.96. The summed E-state index contributed by atoms with van der Waals surface area (Å²) in [4.78, 5) is 11.4. The van der Waals surface area contributed by atoms with Crippen LogP contribution in [0.15, 0.2) is 61.2 Å². The first-order chi connectivity index (χ1) is 7.84. The van der Waals surface area contributed by atoms with Crippen LogP contribution in [0, 0.1) is 0 Å². The van der Waals surface area contributed by atoms with E-state index in [0.717, 1.165) is 0 Å². The van der Waals surface area contributed by atoms with Gasteiger partial charge in [-0.05, 0) is 24.3 Å². The lowest BCUT2D eigenvalue weighted by Crippen LogP contribution is -1.89. The largest absolute Gasteiger partial charge is 0.330 e. The Hall–Kier alpha value is -2.29. The van der Waals surface area contributed by atoms with Crippen LogP contribution in [-0.2, 0) is 4.79 Å². The Morgan fingerprint density at radius 1 is 0.750 bits per heavy atom. The highest BCUT2D eigenvalue weighted by molar-refractivity contribution is 6.02. The molecule has 80 valence electrons. The Labute approximate surface area is 93.9 Å². The maximum Gasteiger partial charge on any atom is 0.181 e. The molecule has 2 aromatic heterocycles. The van der Waals surface area contributed by atoms with Crippen molar-refractivity contribution in [2.24, 2.45) is 0 Å². The van der Waals surface area contributed by atoms with Gasteiger partial charge in [-0.1, -0.05) is 0 Å². The molecule has 0 spiro atoms. The number of hydrogen-bond acceptors (Lipinski definition) is 1. The second kappa shape index (κ2) is 4.98. The summed E-state index contributed by atoms with van der Waals surface area (Å²) in [5.41, 5.74) is 0. The van der Waals surface area contributed by atoms with Crippen molar-refractivity contribution < 1.29 is 4.79 Å². The maximum atomic E-state index is 11.4. The van der Waals surface area contributed by atoms with Crippen LogP contribution in [0.3, 0.4) is 0 Å². The van der Waals surface area contributed by atoms with Gasteiger partial charge in [0.2, 0.25) is 0 Å². The summed E-state index contributed by atoms with van der Waals surface area (Å²) >= 11 is 0. The number of carbonyl (C=O) groups is 1. The van der Waals surface area contributed by atoms with Gasteiger partial charge in [-0.25, -0.2) is 0 Å². The van der Waals surface area contributed by atoms with Crippen molar-refractivity contribution in [3.05, 3.63) is 61.2 Å². The molecule has 3 heteroatoms. The van der Waals surface area contributed by atoms with Crippen LogP contribution in [0.25, 0.3) is 12.4 Å². The number of rotatable bonds is 4. The standard InChI is InChI=1S/C13H12N2O/c16-13(5-11-14-7-1-2-8-14)6-12-15-9-3-4-10-15/h1-12H/b11-5+,12-6+. The molecule has 0 radical (unpaired) electrons. The lowest BCUT2D eigenvalue weighted by molar-refractivity contribution is -0.110. The van der Waals surface area contributed by atoms with E-state index in [4.69, 9.17) is 0 Å². The molecule has 0 aromatic carbocycles. The van der Waals surface area contributed by atoms with E-state index in [9.17, 15) is 4.79 Å². The molecule has 0 aliphatic heterocycles. The average molecular weight is 212 g/mol. The molecule has 0 N–H and O–H groups in total. The van der Waals surface area contributed by atoms with E-state index in [1.807, 2.05) is 58.2 Å². The maximum absolute atomic E-state index is 11.4. The van der Waals surface area contributed by atoms with Crippen molar-refractivity contribution in [2.75, 3.05) is 0 Å². The van der Waals surface area contributed by atoms with Gasteiger partial charge in [0.05, 0.1) is 0 Å². The third kappa shape index (κ3) is 2.85. The van der Waals surface area contributed by atoms with Crippen molar-refractivity contribution in [3.63, 3.8) is 0 Å². The smallest absolute Gasteiger partial charge is 0.181 e. The van der Waals surface area contributed by atoms with Crippen LogP contribution < -0.4 is 0 Å². The minimum atomic E-state index is -0.0394. The van der Waals surface area contributed by atoms with Crippen LogP contribution >= 0.6 is 0 Å². The molecule has 0 saturated carbocycles. The van der Waals surface area contributed by atoms with Crippen molar-refractivity contribution >= 4 is 18.2 Å². The molecule has 2 aromatic rings. The molecule has 16 heavy (non-hydrogen) atoms. The number of nitrogens with zero attached hydrogens (tertiary/aromatic N) is 2. The quantitative estimate of drug-likeness (QED) is 0.715. The Balaban J connectivity index is 1.94. The van der Waals surface area contributed by atoms with Crippen molar-refractivity contribution in [2.45, 2.75) is 0 Å². The highest BCUT2D eigenvalue weighted by Crippen LogP contribution is 1.94.